The Hall–Kier alpha value is -1.56. The van der Waals surface area contributed by atoms with Gasteiger partial charge >= 0.3 is 6.18 Å². The van der Waals surface area contributed by atoms with E-state index in [1.165, 1.54) is 12.1 Å². The van der Waals surface area contributed by atoms with Crippen molar-refractivity contribution in [1.29, 1.82) is 0 Å². The van der Waals surface area contributed by atoms with Gasteiger partial charge in [0.2, 0.25) is 5.91 Å². The van der Waals surface area contributed by atoms with Crippen molar-refractivity contribution in [1.82, 2.24) is 5.32 Å². The molecule has 0 spiro atoms. The molecule has 0 bridgehead atoms. The molecule has 0 saturated heterocycles. The van der Waals surface area contributed by atoms with E-state index in [-0.39, 0.29) is 17.9 Å². The van der Waals surface area contributed by atoms with Crippen LogP contribution in [0.1, 0.15) is 49.7 Å². The molecule has 2 aliphatic rings. The fraction of sp³-hybridized carbons (Fsp3) is 0.588. The summed E-state index contributed by atoms with van der Waals surface area (Å²) in [6, 6.07) is 5.37. The van der Waals surface area contributed by atoms with Crippen LogP contribution >= 0.6 is 0 Å². The summed E-state index contributed by atoms with van der Waals surface area (Å²) in [6.07, 6.45) is 0.131. The molecule has 2 aliphatic carbocycles. The molecule has 0 aromatic heterocycles. The first-order valence-electron chi connectivity index (χ1n) is 8.05. The molecule has 1 aromatic rings. The molecule has 2 saturated carbocycles. The molecule has 2 atom stereocenters. The van der Waals surface area contributed by atoms with E-state index >= 15 is 0 Å². The number of halogens is 3. The Bertz CT molecular complexity index is 596. The number of alkyl halides is 3. The average Bonchev–Trinajstić information content (AvgIpc) is 2.88. The van der Waals surface area contributed by atoms with Gasteiger partial charge in [-0.2, -0.15) is 13.2 Å². The van der Waals surface area contributed by atoms with Crippen molar-refractivity contribution in [2.75, 3.05) is 0 Å². The zero-order chi connectivity index (χ0) is 16.7. The summed E-state index contributed by atoms with van der Waals surface area (Å²) in [4.78, 5) is 12.5. The minimum Gasteiger partial charge on any atom is -0.346 e. The number of nitrogens with two attached hydrogens (primary N) is 1. The van der Waals surface area contributed by atoms with E-state index in [9.17, 15) is 18.0 Å². The van der Waals surface area contributed by atoms with Crippen LogP contribution in [-0.2, 0) is 16.5 Å². The van der Waals surface area contributed by atoms with E-state index in [4.69, 9.17) is 5.73 Å². The van der Waals surface area contributed by atoms with Gasteiger partial charge in [-0.15, -0.1) is 0 Å². The summed E-state index contributed by atoms with van der Waals surface area (Å²) < 4.78 is 38.8. The van der Waals surface area contributed by atoms with E-state index < -0.39 is 17.3 Å². The largest absolute Gasteiger partial charge is 0.416 e. The summed E-state index contributed by atoms with van der Waals surface area (Å²) in [5, 5.41) is 3.03. The summed E-state index contributed by atoms with van der Waals surface area (Å²) in [5.74, 6) is -0.191. The minimum atomic E-state index is -4.37. The van der Waals surface area contributed by atoms with E-state index in [1.54, 1.807) is 6.07 Å². The Kier molecular flexibility index (Phi) is 4.12. The standard InChI is InChI=1S/C17H21F3N2O/c18-17(19,20)13-4-1-3-12(10-13)16(7-2-8-16)22-15(23)11-5-6-14(21)9-11/h1,3-4,10-11,14H,2,5-9,21H2,(H,22,23). The third-order valence-corrected chi connectivity index (χ3v) is 5.16. The van der Waals surface area contributed by atoms with Crippen LogP contribution in [0, 0.1) is 5.92 Å². The summed E-state index contributed by atoms with van der Waals surface area (Å²) in [7, 11) is 0. The van der Waals surface area contributed by atoms with Crippen molar-refractivity contribution in [3.63, 3.8) is 0 Å². The van der Waals surface area contributed by atoms with Crippen molar-refractivity contribution in [3.8, 4) is 0 Å². The molecule has 2 fully saturated rings. The molecule has 3 nitrogen and oxygen atoms in total. The molecule has 3 rings (SSSR count). The van der Waals surface area contributed by atoms with Crippen LogP contribution in [-0.4, -0.2) is 11.9 Å². The molecular formula is C17H21F3N2O. The first-order valence-corrected chi connectivity index (χ1v) is 8.05. The summed E-state index contributed by atoms with van der Waals surface area (Å²) in [6.45, 7) is 0. The number of carbonyl (C=O) groups excluding carboxylic acids is 1. The van der Waals surface area contributed by atoms with Gasteiger partial charge in [-0.3, -0.25) is 4.79 Å². The normalized spacial score (nSPS) is 26.6. The Morgan fingerprint density at radius 2 is 2.00 bits per heavy atom. The zero-order valence-corrected chi connectivity index (χ0v) is 12.8. The number of nitrogens with one attached hydrogen (secondary N) is 1. The molecule has 1 amide bonds. The third-order valence-electron chi connectivity index (χ3n) is 5.16. The van der Waals surface area contributed by atoms with Gasteiger partial charge in [0.05, 0.1) is 11.1 Å². The minimum absolute atomic E-state index is 0.0525. The van der Waals surface area contributed by atoms with Gasteiger partial charge in [-0.05, 0) is 56.2 Å². The van der Waals surface area contributed by atoms with Gasteiger partial charge in [0.15, 0.2) is 0 Å². The smallest absolute Gasteiger partial charge is 0.346 e. The molecule has 2 unspecified atom stereocenters. The predicted octanol–water partition coefficient (Wildman–Crippen LogP) is 3.33. The van der Waals surface area contributed by atoms with Crippen LogP contribution in [0.3, 0.4) is 0 Å². The first-order chi connectivity index (χ1) is 10.8. The second-order valence-electron chi connectivity index (χ2n) is 6.77. The topological polar surface area (TPSA) is 55.1 Å². The molecule has 126 valence electrons. The molecule has 3 N–H and O–H groups in total. The van der Waals surface area contributed by atoms with Gasteiger partial charge in [0, 0.05) is 12.0 Å². The van der Waals surface area contributed by atoms with Crippen LogP contribution in [0.5, 0.6) is 0 Å². The number of hydrogen-bond acceptors (Lipinski definition) is 2. The van der Waals surface area contributed by atoms with Gasteiger partial charge in [-0.1, -0.05) is 12.1 Å². The molecule has 6 heteroatoms. The fourth-order valence-corrected chi connectivity index (χ4v) is 3.60. The summed E-state index contributed by atoms with van der Waals surface area (Å²) in [5.41, 5.74) is 5.08. The van der Waals surface area contributed by atoms with Crippen molar-refractivity contribution in [2.24, 2.45) is 11.7 Å². The van der Waals surface area contributed by atoms with E-state index in [0.717, 1.165) is 25.3 Å². The lowest BCUT2D eigenvalue weighted by atomic mass is 9.71. The quantitative estimate of drug-likeness (QED) is 0.895. The molecule has 0 aliphatic heterocycles. The predicted molar refractivity (Wildman–Crippen MR) is 80.4 cm³/mol. The first kappa shape index (κ1) is 16.3. The van der Waals surface area contributed by atoms with Crippen LogP contribution in [0.15, 0.2) is 24.3 Å². The third kappa shape index (κ3) is 3.22. The highest BCUT2D eigenvalue weighted by atomic mass is 19.4. The number of carbonyl (C=O) groups is 1. The summed E-state index contributed by atoms with van der Waals surface area (Å²) >= 11 is 0. The molecular weight excluding hydrogens is 305 g/mol. The molecule has 23 heavy (non-hydrogen) atoms. The lowest BCUT2D eigenvalue weighted by Crippen LogP contribution is -2.52. The highest BCUT2D eigenvalue weighted by Crippen LogP contribution is 2.43. The second kappa shape index (κ2) is 5.82. The number of benzene rings is 1. The number of amides is 1. The fourth-order valence-electron chi connectivity index (χ4n) is 3.60. The Morgan fingerprint density at radius 3 is 2.52 bits per heavy atom. The zero-order valence-electron chi connectivity index (χ0n) is 12.8. The second-order valence-corrected chi connectivity index (χ2v) is 6.77. The maximum absolute atomic E-state index is 12.9. The Morgan fingerprint density at radius 1 is 1.26 bits per heavy atom. The van der Waals surface area contributed by atoms with Crippen molar-refractivity contribution in [2.45, 2.75) is 56.3 Å². The van der Waals surface area contributed by atoms with Crippen molar-refractivity contribution < 1.29 is 18.0 Å². The Labute approximate surface area is 133 Å². The monoisotopic (exact) mass is 326 g/mol. The van der Waals surface area contributed by atoms with Gasteiger partial charge in [0.25, 0.3) is 0 Å². The van der Waals surface area contributed by atoms with E-state index in [1.807, 2.05) is 0 Å². The molecule has 0 heterocycles. The van der Waals surface area contributed by atoms with Crippen LogP contribution in [0.4, 0.5) is 13.2 Å². The van der Waals surface area contributed by atoms with Crippen LogP contribution in [0.25, 0.3) is 0 Å². The van der Waals surface area contributed by atoms with Crippen LogP contribution < -0.4 is 11.1 Å². The average molecular weight is 326 g/mol. The SMILES string of the molecule is NC1CCC(C(=O)NC2(c3cccc(C(F)(F)F)c3)CCC2)C1. The maximum Gasteiger partial charge on any atom is 0.416 e. The number of hydrogen-bond donors (Lipinski definition) is 2. The molecule has 0 radical (unpaired) electrons. The van der Waals surface area contributed by atoms with E-state index in [0.29, 0.717) is 24.8 Å². The highest BCUT2D eigenvalue weighted by molar-refractivity contribution is 5.80. The van der Waals surface area contributed by atoms with E-state index in [2.05, 4.69) is 5.32 Å². The van der Waals surface area contributed by atoms with Crippen molar-refractivity contribution in [3.05, 3.63) is 35.4 Å². The van der Waals surface area contributed by atoms with Crippen molar-refractivity contribution >= 4 is 5.91 Å². The number of rotatable bonds is 3. The van der Waals surface area contributed by atoms with Gasteiger partial charge < -0.3 is 11.1 Å². The maximum atomic E-state index is 12.9. The Balaban J connectivity index is 1.80. The lowest BCUT2D eigenvalue weighted by molar-refractivity contribution is -0.137. The lowest BCUT2D eigenvalue weighted by Gasteiger charge is -2.44. The van der Waals surface area contributed by atoms with Gasteiger partial charge in [0.1, 0.15) is 0 Å². The van der Waals surface area contributed by atoms with Gasteiger partial charge in [-0.25, -0.2) is 0 Å². The molecule has 1 aromatic carbocycles. The van der Waals surface area contributed by atoms with Crippen LogP contribution in [0.2, 0.25) is 0 Å². The highest BCUT2D eigenvalue weighted by Gasteiger charge is 2.43.